The summed E-state index contributed by atoms with van der Waals surface area (Å²) < 4.78 is 11.6. The maximum absolute atomic E-state index is 5.87. The molecule has 0 atom stereocenters. The largest absolute Gasteiger partial charge is 0.490 e. The molecule has 0 unspecified atom stereocenters. The molecule has 0 saturated heterocycles. The van der Waals surface area contributed by atoms with E-state index in [0.29, 0.717) is 19.8 Å². The summed E-state index contributed by atoms with van der Waals surface area (Å²) in [5.74, 6) is 1.83. The molecule has 0 bridgehead atoms. The van der Waals surface area contributed by atoms with Gasteiger partial charge < -0.3 is 15.2 Å². The van der Waals surface area contributed by atoms with Crippen LogP contribution in [0.5, 0.6) is 11.5 Å². The molecule has 118 valence electrons. The van der Waals surface area contributed by atoms with Crippen molar-refractivity contribution < 1.29 is 9.47 Å². The Kier molecular flexibility index (Phi) is 5.84. The van der Waals surface area contributed by atoms with Crippen molar-refractivity contribution in [2.24, 2.45) is 5.73 Å². The predicted molar refractivity (Wildman–Crippen MR) is 90.8 cm³/mol. The van der Waals surface area contributed by atoms with E-state index in [4.69, 9.17) is 15.2 Å². The average Bonchev–Trinajstić information content (AvgIpc) is 2.47. The van der Waals surface area contributed by atoms with Crippen LogP contribution in [0.1, 0.15) is 22.3 Å². The molecule has 0 aliphatic heterocycles. The van der Waals surface area contributed by atoms with Gasteiger partial charge in [-0.1, -0.05) is 29.8 Å². The smallest absolute Gasteiger partial charge is 0.125 e. The van der Waals surface area contributed by atoms with Crippen molar-refractivity contribution in [3.8, 4) is 11.5 Å². The van der Waals surface area contributed by atoms with Crippen LogP contribution < -0.4 is 15.2 Å². The highest BCUT2D eigenvalue weighted by Crippen LogP contribution is 2.24. The number of hydrogen-bond acceptors (Lipinski definition) is 3. The third-order valence-electron chi connectivity index (χ3n) is 3.56. The van der Waals surface area contributed by atoms with E-state index < -0.39 is 0 Å². The first-order valence-electron chi connectivity index (χ1n) is 7.72. The molecule has 2 aromatic carbocycles. The predicted octanol–water partition coefficient (Wildman–Crippen LogP) is 3.57. The zero-order chi connectivity index (χ0) is 15.9. The fourth-order valence-electron chi connectivity index (χ4n) is 2.62. The van der Waals surface area contributed by atoms with Gasteiger partial charge in [0.05, 0.1) is 0 Å². The van der Waals surface area contributed by atoms with Crippen LogP contribution in [0.25, 0.3) is 0 Å². The Morgan fingerprint density at radius 2 is 1.45 bits per heavy atom. The van der Waals surface area contributed by atoms with Crippen LogP contribution in [-0.4, -0.2) is 19.8 Å². The lowest BCUT2D eigenvalue weighted by atomic mass is 10.1. The first kappa shape index (κ1) is 16.4. The summed E-state index contributed by atoms with van der Waals surface area (Å²) in [7, 11) is 0. The third-order valence-corrected chi connectivity index (χ3v) is 3.56. The molecular formula is C19H25NO2. The Bertz CT molecular complexity index is 582. The van der Waals surface area contributed by atoms with Crippen LogP contribution in [0.15, 0.2) is 36.4 Å². The van der Waals surface area contributed by atoms with Gasteiger partial charge in [0, 0.05) is 0 Å². The Labute approximate surface area is 133 Å². The molecule has 0 aliphatic rings. The highest BCUT2D eigenvalue weighted by atomic mass is 16.5. The van der Waals surface area contributed by atoms with E-state index in [1.807, 2.05) is 12.1 Å². The molecule has 0 heterocycles. The second-order valence-corrected chi connectivity index (χ2v) is 5.61. The summed E-state index contributed by atoms with van der Waals surface area (Å²) in [6.45, 7) is 7.99. The van der Waals surface area contributed by atoms with Gasteiger partial charge in [-0.05, 0) is 62.6 Å². The Balaban J connectivity index is 1.82. The fourth-order valence-corrected chi connectivity index (χ4v) is 2.62. The van der Waals surface area contributed by atoms with Crippen molar-refractivity contribution in [1.29, 1.82) is 0 Å². The number of aryl methyl sites for hydroxylation is 3. The lowest BCUT2D eigenvalue weighted by Crippen LogP contribution is -2.10. The SMILES string of the molecule is Cc1cc(C)c(OCCOc2ccc(CCN)cc2)c(C)c1. The summed E-state index contributed by atoms with van der Waals surface area (Å²) in [6, 6.07) is 12.3. The Morgan fingerprint density at radius 3 is 2.05 bits per heavy atom. The molecule has 0 aromatic heterocycles. The van der Waals surface area contributed by atoms with Crippen LogP contribution >= 0.6 is 0 Å². The molecule has 0 radical (unpaired) electrons. The minimum Gasteiger partial charge on any atom is -0.490 e. The molecular weight excluding hydrogens is 274 g/mol. The van der Waals surface area contributed by atoms with E-state index >= 15 is 0 Å². The van der Waals surface area contributed by atoms with Crippen molar-refractivity contribution in [3.05, 3.63) is 58.7 Å². The van der Waals surface area contributed by atoms with Gasteiger partial charge in [-0.25, -0.2) is 0 Å². The van der Waals surface area contributed by atoms with Gasteiger partial charge in [-0.15, -0.1) is 0 Å². The van der Waals surface area contributed by atoms with Crippen molar-refractivity contribution in [1.82, 2.24) is 0 Å². The molecule has 0 fully saturated rings. The van der Waals surface area contributed by atoms with E-state index in [2.05, 4.69) is 45.0 Å². The van der Waals surface area contributed by atoms with Crippen LogP contribution in [0.3, 0.4) is 0 Å². The molecule has 2 rings (SSSR count). The zero-order valence-corrected chi connectivity index (χ0v) is 13.7. The molecule has 0 amide bonds. The summed E-state index contributed by atoms with van der Waals surface area (Å²) in [5, 5.41) is 0. The van der Waals surface area contributed by atoms with Gasteiger partial charge in [0.25, 0.3) is 0 Å². The minimum atomic E-state index is 0.531. The van der Waals surface area contributed by atoms with E-state index in [1.165, 1.54) is 22.3 Å². The van der Waals surface area contributed by atoms with Gasteiger partial charge in [-0.2, -0.15) is 0 Å². The zero-order valence-electron chi connectivity index (χ0n) is 13.7. The number of nitrogens with two attached hydrogens (primary N) is 1. The summed E-state index contributed by atoms with van der Waals surface area (Å²) in [4.78, 5) is 0. The molecule has 0 spiro atoms. The molecule has 3 heteroatoms. The van der Waals surface area contributed by atoms with Gasteiger partial charge >= 0.3 is 0 Å². The Morgan fingerprint density at radius 1 is 0.864 bits per heavy atom. The van der Waals surface area contributed by atoms with Crippen LogP contribution in [-0.2, 0) is 6.42 Å². The lowest BCUT2D eigenvalue weighted by Gasteiger charge is -2.13. The molecule has 0 aliphatic carbocycles. The third kappa shape index (κ3) is 4.50. The summed E-state index contributed by atoms with van der Waals surface area (Å²) in [6.07, 6.45) is 0.898. The quantitative estimate of drug-likeness (QED) is 0.795. The first-order chi connectivity index (χ1) is 10.6. The fraction of sp³-hybridized carbons (Fsp3) is 0.368. The maximum Gasteiger partial charge on any atom is 0.125 e. The second kappa shape index (κ2) is 7.85. The topological polar surface area (TPSA) is 44.5 Å². The maximum atomic E-state index is 5.87. The van der Waals surface area contributed by atoms with Gasteiger partial charge in [0.2, 0.25) is 0 Å². The highest BCUT2D eigenvalue weighted by Gasteiger charge is 2.05. The second-order valence-electron chi connectivity index (χ2n) is 5.61. The molecule has 22 heavy (non-hydrogen) atoms. The summed E-state index contributed by atoms with van der Waals surface area (Å²) >= 11 is 0. The standard InChI is InChI=1S/C19H25NO2/c1-14-12-15(2)19(16(3)13-14)22-11-10-21-18-6-4-17(5-7-18)8-9-20/h4-7,12-13H,8-11,20H2,1-3H3. The van der Waals surface area contributed by atoms with Crippen molar-refractivity contribution in [3.63, 3.8) is 0 Å². The molecule has 2 N–H and O–H groups in total. The normalized spacial score (nSPS) is 10.5. The lowest BCUT2D eigenvalue weighted by molar-refractivity contribution is 0.215. The van der Waals surface area contributed by atoms with Crippen LogP contribution in [0, 0.1) is 20.8 Å². The number of rotatable bonds is 7. The number of benzene rings is 2. The van der Waals surface area contributed by atoms with E-state index in [1.54, 1.807) is 0 Å². The molecule has 2 aromatic rings. The highest BCUT2D eigenvalue weighted by molar-refractivity contribution is 5.42. The van der Waals surface area contributed by atoms with Gasteiger partial charge in [0.15, 0.2) is 0 Å². The van der Waals surface area contributed by atoms with Crippen LogP contribution in [0.2, 0.25) is 0 Å². The van der Waals surface area contributed by atoms with E-state index in [9.17, 15) is 0 Å². The van der Waals surface area contributed by atoms with Crippen molar-refractivity contribution in [2.75, 3.05) is 19.8 Å². The van der Waals surface area contributed by atoms with E-state index in [0.717, 1.165) is 17.9 Å². The van der Waals surface area contributed by atoms with E-state index in [-0.39, 0.29) is 0 Å². The van der Waals surface area contributed by atoms with Crippen molar-refractivity contribution >= 4 is 0 Å². The number of ether oxygens (including phenoxy) is 2. The van der Waals surface area contributed by atoms with Crippen LogP contribution in [0.4, 0.5) is 0 Å². The van der Waals surface area contributed by atoms with Crippen molar-refractivity contribution in [2.45, 2.75) is 27.2 Å². The van der Waals surface area contributed by atoms with Gasteiger partial charge in [-0.3, -0.25) is 0 Å². The molecule has 3 nitrogen and oxygen atoms in total. The first-order valence-corrected chi connectivity index (χ1v) is 7.72. The van der Waals surface area contributed by atoms with Gasteiger partial charge in [0.1, 0.15) is 24.7 Å². The number of hydrogen-bond donors (Lipinski definition) is 1. The molecule has 0 saturated carbocycles. The Hall–Kier alpha value is -2.00. The monoisotopic (exact) mass is 299 g/mol. The summed E-state index contributed by atoms with van der Waals surface area (Å²) in [5.41, 5.74) is 10.4. The minimum absolute atomic E-state index is 0.531. The average molecular weight is 299 g/mol.